The molecule has 3 aromatic rings. The van der Waals surface area contributed by atoms with Crippen LogP contribution in [0.3, 0.4) is 0 Å². The zero-order valence-corrected chi connectivity index (χ0v) is 20.2. The van der Waals surface area contributed by atoms with E-state index in [-0.39, 0.29) is 17.9 Å². The van der Waals surface area contributed by atoms with Gasteiger partial charge in [0.15, 0.2) is 0 Å². The fourth-order valence-corrected chi connectivity index (χ4v) is 6.19. The van der Waals surface area contributed by atoms with Crippen LogP contribution in [0.1, 0.15) is 29.0 Å². The maximum atomic E-state index is 13.6. The molecular weight excluding hydrogens is 464 g/mol. The normalized spacial score (nSPS) is 19.2. The van der Waals surface area contributed by atoms with Gasteiger partial charge in [-0.25, -0.2) is 13.2 Å². The lowest BCUT2D eigenvalue weighted by Crippen LogP contribution is -2.52. The number of hydrogen-bond acceptors (Lipinski definition) is 4. The zero-order chi connectivity index (χ0) is 25.0. The highest BCUT2D eigenvalue weighted by atomic mass is 32.2. The number of aliphatic carboxylic acids is 1. The van der Waals surface area contributed by atoms with Gasteiger partial charge in [-0.2, -0.15) is 4.31 Å². The van der Waals surface area contributed by atoms with Gasteiger partial charge < -0.3 is 10.4 Å². The third kappa shape index (κ3) is 5.44. The van der Waals surface area contributed by atoms with Crippen molar-refractivity contribution in [1.82, 2.24) is 9.62 Å². The molecule has 8 heteroatoms. The molecule has 1 aliphatic rings. The molecule has 7 nitrogen and oxygen atoms in total. The van der Waals surface area contributed by atoms with E-state index in [0.717, 1.165) is 16.7 Å². The number of hydrogen-bond donors (Lipinski definition) is 2. The molecule has 1 saturated heterocycles. The average Bonchev–Trinajstić information content (AvgIpc) is 3.31. The molecule has 3 aromatic carbocycles. The van der Waals surface area contributed by atoms with Gasteiger partial charge in [-0.1, -0.05) is 78.4 Å². The first-order valence-corrected chi connectivity index (χ1v) is 12.9. The highest BCUT2D eigenvalue weighted by Crippen LogP contribution is 2.37. The molecule has 0 bridgehead atoms. The third-order valence-corrected chi connectivity index (χ3v) is 8.27. The summed E-state index contributed by atoms with van der Waals surface area (Å²) in [6, 6.07) is 22.5. The van der Waals surface area contributed by atoms with Gasteiger partial charge in [-0.3, -0.25) is 4.79 Å². The lowest BCUT2D eigenvalue weighted by molar-refractivity contribution is -0.142. The van der Waals surface area contributed by atoms with Crippen molar-refractivity contribution in [1.29, 1.82) is 0 Å². The number of rotatable bonds is 8. The summed E-state index contributed by atoms with van der Waals surface area (Å²) in [5.74, 6) is -2.19. The number of nitrogens with zero attached hydrogens (tertiary/aromatic N) is 1. The molecule has 0 unspecified atom stereocenters. The molecule has 0 spiro atoms. The molecule has 0 radical (unpaired) electrons. The smallest absolute Gasteiger partial charge is 0.326 e. The SMILES string of the molecule is Cc1ccc(S(=O)(=O)N2CC[C@H](c3ccccc3)[C@H]2C(=O)N[C@@H](Cc2ccccc2)C(=O)O)cc1. The Labute approximate surface area is 205 Å². The Hall–Kier alpha value is -3.49. The van der Waals surface area contributed by atoms with E-state index in [1.54, 1.807) is 36.4 Å². The van der Waals surface area contributed by atoms with E-state index in [4.69, 9.17) is 0 Å². The summed E-state index contributed by atoms with van der Waals surface area (Å²) in [6.07, 6.45) is 0.541. The first kappa shape index (κ1) is 24.6. The van der Waals surface area contributed by atoms with E-state index in [1.807, 2.05) is 43.3 Å². The monoisotopic (exact) mass is 492 g/mol. The third-order valence-electron chi connectivity index (χ3n) is 6.37. The first-order valence-electron chi connectivity index (χ1n) is 11.5. The molecule has 182 valence electrons. The molecule has 3 atom stereocenters. The van der Waals surface area contributed by atoms with Gasteiger partial charge in [0, 0.05) is 18.9 Å². The Morgan fingerprint density at radius 3 is 2.17 bits per heavy atom. The summed E-state index contributed by atoms with van der Waals surface area (Å²) in [5, 5.41) is 12.4. The standard InChI is InChI=1S/C27H28N2O5S/c1-19-12-14-22(15-13-19)35(33,34)29-17-16-23(21-10-6-3-7-11-21)25(29)26(30)28-24(27(31)32)18-20-8-4-2-5-9-20/h2-15,23-25H,16-18H2,1H3,(H,28,30)(H,31,32)/t23-,24+,25+/m1/s1. The second kappa shape index (κ2) is 10.4. The number of amides is 1. The van der Waals surface area contributed by atoms with Crippen molar-refractivity contribution in [2.75, 3.05) is 6.54 Å². The number of nitrogens with one attached hydrogen (secondary N) is 1. The van der Waals surface area contributed by atoms with Crippen molar-refractivity contribution in [2.45, 2.75) is 42.7 Å². The van der Waals surface area contributed by atoms with Crippen LogP contribution in [0.4, 0.5) is 0 Å². The molecule has 1 aliphatic heterocycles. The van der Waals surface area contributed by atoms with Gasteiger partial charge in [0.05, 0.1) is 4.90 Å². The van der Waals surface area contributed by atoms with E-state index < -0.39 is 39.9 Å². The molecule has 1 amide bonds. The number of benzene rings is 3. The van der Waals surface area contributed by atoms with Crippen molar-refractivity contribution in [2.24, 2.45) is 0 Å². The summed E-state index contributed by atoms with van der Waals surface area (Å²) in [5.41, 5.74) is 2.52. The van der Waals surface area contributed by atoms with Gasteiger partial charge in [-0.15, -0.1) is 0 Å². The van der Waals surface area contributed by atoms with Crippen molar-refractivity contribution < 1.29 is 23.1 Å². The van der Waals surface area contributed by atoms with Crippen LogP contribution in [0.25, 0.3) is 0 Å². The molecule has 1 heterocycles. The molecule has 0 aromatic heterocycles. The van der Waals surface area contributed by atoms with Crippen molar-refractivity contribution in [3.63, 3.8) is 0 Å². The summed E-state index contributed by atoms with van der Waals surface area (Å²) < 4.78 is 28.4. The first-order chi connectivity index (χ1) is 16.8. The lowest BCUT2D eigenvalue weighted by atomic mass is 9.91. The molecule has 2 N–H and O–H groups in total. The number of aryl methyl sites for hydroxylation is 1. The van der Waals surface area contributed by atoms with Crippen molar-refractivity contribution in [3.8, 4) is 0 Å². The van der Waals surface area contributed by atoms with Gasteiger partial charge in [0.2, 0.25) is 15.9 Å². The fourth-order valence-electron chi connectivity index (χ4n) is 4.55. The molecule has 4 rings (SSSR count). The number of carbonyl (C=O) groups excluding carboxylic acids is 1. The van der Waals surface area contributed by atoms with Gasteiger partial charge in [0.1, 0.15) is 12.1 Å². The second-order valence-electron chi connectivity index (χ2n) is 8.77. The quantitative estimate of drug-likeness (QED) is 0.502. The van der Waals surface area contributed by atoms with Crippen LogP contribution in [0.2, 0.25) is 0 Å². The van der Waals surface area contributed by atoms with Crippen LogP contribution in [-0.2, 0) is 26.0 Å². The summed E-state index contributed by atoms with van der Waals surface area (Å²) in [6.45, 7) is 2.02. The van der Waals surface area contributed by atoms with Gasteiger partial charge >= 0.3 is 5.97 Å². The van der Waals surface area contributed by atoms with Crippen LogP contribution in [0.15, 0.2) is 89.8 Å². The molecule has 35 heavy (non-hydrogen) atoms. The molecular formula is C27H28N2O5S. The summed E-state index contributed by atoms with van der Waals surface area (Å²) in [7, 11) is -3.98. The Bertz CT molecular complexity index is 1280. The lowest BCUT2D eigenvalue weighted by Gasteiger charge is -2.28. The van der Waals surface area contributed by atoms with Crippen LogP contribution in [-0.4, -0.2) is 48.3 Å². The molecule has 1 fully saturated rings. The Morgan fingerprint density at radius 2 is 1.57 bits per heavy atom. The largest absolute Gasteiger partial charge is 0.480 e. The minimum Gasteiger partial charge on any atom is -0.480 e. The highest BCUT2D eigenvalue weighted by molar-refractivity contribution is 7.89. The van der Waals surface area contributed by atoms with Crippen molar-refractivity contribution in [3.05, 3.63) is 102 Å². The molecule has 0 saturated carbocycles. The van der Waals surface area contributed by atoms with E-state index in [2.05, 4.69) is 5.32 Å². The fraction of sp³-hybridized carbons (Fsp3) is 0.259. The van der Waals surface area contributed by atoms with Crippen LogP contribution < -0.4 is 5.32 Å². The Kier molecular flexibility index (Phi) is 7.33. The maximum absolute atomic E-state index is 13.6. The number of carbonyl (C=O) groups is 2. The van der Waals surface area contributed by atoms with E-state index in [0.29, 0.717) is 6.42 Å². The van der Waals surface area contributed by atoms with Crippen LogP contribution in [0, 0.1) is 6.92 Å². The Balaban J connectivity index is 1.67. The predicted octanol–water partition coefficient (Wildman–Crippen LogP) is 3.35. The maximum Gasteiger partial charge on any atom is 0.326 e. The van der Waals surface area contributed by atoms with Crippen LogP contribution >= 0.6 is 0 Å². The van der Waals surface area contributed by atoms with E-state index in [9.17, 15) is 23.1 Å². The number of sulfonamides is 1. The van der Waals surface area contributed by atoms with E-state index >= 15 is 0 Å². The summed E-state index contributed by atoms with van der Waals surface area (Å²) in [4.78, 5) is 25.7. The molecule has 0 aliphatic carbocycles. The zero-order valence-electron chi connectivity index (χ0n) is 19.4. The minimum atomic E-state index is -3.98. The number of carboxylic acid groups (broad SMARTS) is 1. The van der Waals surface area contributed by atoms with Crippen molar-refractivity contribution >= 4 is 21.9 Å². The topological polar surface area (TPSA) is 104 Å². The second-order valence-corrected chi connectivity index (χ2v) is 10.7. The minimum absolute atomic E-state index is 0.0926. The average molecular weight is 493 g/mol. The van der Waals surface area contributed by atoms with Crippen LogP contribution in [0.5, 0.6) is 0 Å². The number of carboxylic acids is 1. The summed E-state index contributed by atoms with van der Waals surface area (Å²) >= 11 is 0. The van der Waals surface area contributed by atoms with Gasteiger partial charge in [0.25, 0.3) is 0 Å². The predicted molar refractivity (Wildman–Crippen MR) is 132 cm³/mol. The van der Waals surface area contributed by atoms with Gasteiger partial charge in [-0.05, 0) is 36.6 Å². The Morgan fingerprint density at radius 1 is 0.971 bits per heavy atom. The van der Waals surface area contributed by atoms with E-state index in [1.165, 1.54) is 16.4 Å². The highest BCUT2D eigenvalue weighted by Gasteiger charge is 2.46.